The Labute approximate surface area is 132 Å². The summed E-state index contributed by atoms with van der Waals surface area (Å²) in [4.78, 5) is 27.9. The SMILES string of the molecule is CC(=O)Nc1ccccc1C(=O)Nc1nc(C(C)C)c(N)s1. The third-order valence-corrected chi connectivity index (χ3v) is 3.75. The highest BCUT2D eigenvalue weighted by molar-refractivity contribution is 7.19. The van der Waals surface area contributed by atoms with E-state index in [1.165, 1.54) is 18.3 Å². The summed E-state index contributed by atoms with van der Waals surface area (Å²) in [6.07, 6.45) is 0. The number of carbonyl (C=O) groups is 2. The van der Waals surface area contributed by atoms with Crippen LogP contribution >= 0.6 is 11.3 Å². The van der Waals surface area contributed by atoms with E-state index in [2.05, 4.69) is 15.6 Å². The number of thiazole rings is 1. The average Bonchev–Trinajstić information content (AvgIpc) is 2.79. The predicted octanol–water partition coefficient (Wildman–Crippen LogP) is 3.06. The third-order valence-electron chi connectivity index (χ3n) is 2.93. The van der Waals surface area contributed by atoms with Crippen LogP contribution in [0.2, 0.25) is 0 Å². The van der Waals surface area contributed by atoms with Crippen LogP contribution in [0.3, 0.4) is 0 Å². The van der Waals surface area contributed by atoms with Crippen molar-refractivity contribution < 1.29 is 9.59 Å². The molecule has 6 nitrogen and oxygen atoms in total. The number of hydrogen-bond donors (Lipinski definition) is 3. The van der Waals surface area contributed by atoms with Crippen molar-refractivity contribution in [2.24, 2.45) is 0 Å². The number of nitrogens with zero attached hydrogens (tertiary/aromatic N) is 1. The van der Waals surface area contributed by atoms with Gasteiger partial charge in [-0.1, -0.05) is 37.3 Å². The van der Waals surface area contributed by atoms with Gasteiger partial charge in [-0.3, -0.25) is 14.9 Å². The first kappa shape index (κ1) is 16.0. The fraction of sp³-hybridized carbons (Fsp3) is 0.267. The standard InChI is InChI=1S/C15H18N4O2S/c1-8(2)12-13(16)22-15(18-12)19-14(21)10-6-4-5-7-11(10)17-9(3)20/h4-8H,16H2,1-3H3,(H,17,20)(H,18,19,21). The zero-order valence-electron chi connectivity index (χ0n) is 12.6. The number of amides is 2. The molecule has 0 aliphatic heterocycles. The van der Waals surface area contributed by atoms with E-state index in [4.69, 9.17) is 5.73 Å². The Kier molecular flexibility index (Phi) is 4.77. The lowest BCUT2D eigenvalue weighted by Crippen LogP contribution is -2.16. The number of para-hydroxylation sites is 1. The Morgan fingerprint density at radius 3 is 2.50 bits per heavy atom. The summed E-state index contributed by atoms with van der Waals surface area (Å²) >= 11 is 1.23. The minimum Gasteiger partial charge on any atom is -0.389 e. The van der Waals surface area contributed by atoms with Crippen LogP contribution in [0, 0.1) is 0 Å². The summed E-state index contributed by atoms with van der Waals surface area (Å²) in [5, 5.41) is 6.40. The van der Waals surface area contributed by atoms with Crippen LogP contribution in [0.1, 0.15) is 42.7 Å². The Morgan fingerprint density at radius 1 is 1.23 bits per heavy atom. The molecule has 0 spiro atoms. The van der Waals surface area contributed by atoms with E-state index < -0.39 is 0 Å². The topological polar surface area (TPSA) is 97.1 Å². The van der Waals surface area contributed by atoms with Crippen LogP contribution < -0.4 is 16.4 Å². The lowest BCUT2D eigenvalue weighted by Gasteiger charge is -2.08. The highest BCUT2D eigenvalue weighted by Crippen LogP contribution is 2.31. The number of aromatic nitrogens is 1. The second-order valence-corrected chi connectivity index (χ2v) is 6.13. The second kappa shape index (κ2) is 6.57. The number of nitrogens with two attached hydrogens (primary N) is 1. The molecule has 22 heavy (non-hydrogen) atoms. The Hall–Kier alpha value is -2.41. The summed E-state index contributed by atoms with van der Waals surface area (Å²) in [6, 6.07) is 6.79. The Bertz CT molecular complexity index is 709. The fourth-order valence-electron chi connectivity index (χ4n) is 1.96. The van der Waals surface area contributed by atoms with Gasteiger partial charge in [0.25, 0.3) is 5.91 Å². The number of carbonyl (C=O) groups excluding carboxylic acids is 2. The van der Waals surface area contributed by atoms with Gasteiger partial charge in [0, 0.05) is 6.92 Å². The van der Waals surface area contributed by atoms with Gasteiger partial charge in [-0.2, -0.15) is 0 Å². The molecule has 116 valence electrons. The molecular formula is C15H18N4O2S. The van der Waals surface area contributed by atoms with E-state index in [0.29, 0.717) is 21.4 Å². The molecule has 2 rings (SSSR count). The molecule has 0 aliphatic carbocycles. The van der Waals surface area contributed by atoms with Crippen LogP contribution in [-0.4, -0.2) is 16.8 Å². The van der Waals surface area contributed by atoms with Gasteiger partial charge in [-0.25, -0.2) is 4.98 Å². The van der Waals surface area contributed by atoms with E-state index in [-0.39, 0.29) is 17.7 Å². The highest BCUT2D eigenvalue weighted by atomic mass is 32.1. The van der Waals surface area contributed by atoms with Gasteiger partial charge < -0.3 is 11.1 Å². The molecule has 2 amide bonds. The minimum atomic E-state index is -0.339. The monoisotopic (exact) mass is 318 g/mol. The fourth-order valence-corrected chi connectivity index (χ4v) is 2.84. The van der Waals surface area contributed by atoms with Crippen molar-refractivity contribution in [3.8, 4) is 0 Å². The van der Waals surface area contributed by atoms with Gasteiger partial charge in [0.05, 0.1) is 16.9 Å². The summed E-state index contributed by atoms with van der Waals surface area (Å²) in [5.74, 6) is -0.386. The number of hydrogen-bond acceptors (Lipinski definition) is 5. The summed E-state index contributed by atoms with van der Waals surface area (Å²) in [5.41, 5.74) is 7.51. The molecule has 1 heterocycles. The van der Waals surface area contributed by atoms with Crippen molar-refractivity contribution >= 4 is 39.0 Å². The van der Waals surface area contributed by atoms with Crippen molar-refractivity contribution in [3.05, 3.63) is 35.5 Å². The molecule has 0 bridgehead atoms. The van der Waals surface area contributed by atoms with Gasteiger partial charge in [-0.15, -0.1) is 0 Å². The molecule has 0 unspecified atom stereocenters. The molecule has 2 aromatic rings. The molecule has 4 N–H and O–H groups in total. The van der Waals surface area contributed by atoms with Gasteiger partial charge in [0.15, 0.2) is 5.13 Å². The van der Waals surface area contributed by atoms with Crippen molar-refractivity contribution in [1.29, 1.82) is 0 Å². The number of nitrogens with one attached hydrogen (secondary N) is 2. The first-order valence-corrected chi connectivity index (χ1v) is 7.64. The van der Waals surface area contributed by atoms with Crippen molar-refractivity contribution in [2.45, 2.75) is 26.7 Å². The van der Waals surface area contributed by atoms with E-state index in [1.807, 2.05) is 13.8 Å². The van der Waals surface area contributed by atoms with Crippen LogP contribution in [0.25, 0.3) is 0 Å². The maximum absolute atomic E-state index is 12.4. The second-order valence-electron chi connectivity index (χ2n) is 5.10. The largest absolute Gasteiger partial charge is 0.389 e. The molecule has 0 saturated heterocycles. The Balaban J connectivity index is 2.23. The molecular weight excluding hydrogens is 300 g/mol. The Morgan fingerprint density at radius 2 is 1.91 bits per heavy atom. The lowest BCUT2D eigenvalue weighted by atomic mass is 10.1. The molecule has 7 heteroatoms. The van der Waals surface area contributed by atoms with Crippen LogP contribution in [0.5, 0.6) is 0 Å². The average molecular weight is 318 g/mol. The smallest absolute Gasteiger partial charge is 0.259 e. The van der Waals surface area contributed by atoms with Gasteiger partial charge in [-0.05, 0) is 18.1 Å². The molecule has 1 aromatic carbocycles. The molecule has 0 radical (unpaired) electrons. The van der Waals surface area contributed by atoms with Gasteiger partial charge in [0.1, 0.15) is 5.00 Å². The van der Waals surface area contributed by atoms with Crippen molar-refractivity contribution in [3.63, 3.8) is 0 Å². The molecule has 0 fully saturated rings. The molecule has 1 aromatic heterocycles. The zero-order chi connectivity index (χ0) is 16.3. The predicted molar refractivity (Wildman–Crippen MR) is 89.3 cm³/mol. The first-order valence-electron chi connectivity index (χ1n) is 6.82. The van der Waals surface area contributed by atoms with Crippen LogP contribution in [0.15, 0.2) is 24.3 Å². The number of rotatable bonds is 4. The van der Waals surface area contributed by atoms with Crippen molar-refractivity contribution in [1.82, 2.24) is 4.98 Å². The van der Waals surface area contributed by atoms with E-state index >= 15 is 0 Å². The van der Waals surface area contributed by atoms with Crippen molar-refractivity contribution in [2.75, 3.05) is 16.4 Å². The summed E-state index contributed by atoms with van der Waals surface area (Å²) in [6.45, 7) is 5.37. The summed E-state index contributed by atoms with van der Waals surface area (Å²) < 4.78 is 0. The summed E-state index contributed by atoms with van der Waals surface area (Å²) in [7, 11) is 0. The zero-order valence-corrected chi connectivity index (χ0v) is 13.5. The molecule has 0 aliphatic rings. The molecule has 0 atom stereocenters. The number of anilines is 3. The van der Waals surface area contributed by atoms with Crippen LogP contribution in [0.4, 0.5) is 15.8 Å². The van der Waals surface area contributed by atoms with E-state index in [1.54, 1.807) is 24.3 Å². The highest BCUT2D eigenvalue weighted by Gasteiger charge is 2.16. The van der Waals surface area contributed by atoms with Crippen LogP contribution in [-0.2, 0) is 4.79 Å². The number of benzene rings is 1. The lowest BCUT2D eigenvalue weighted by molar-refractivity contribution is -0.114. The first-order chi connectivity index (χ1) is 10.4. The van der Waals surface area contributed by atoms with E-state index in [9.17, 15) is 9.59 Å². The quantitative estimate of drug-likeness (QED) is 0.807. The van der Waals surface area contributed by atoms with Gasteiger partial charge in [0.2, 0.25) is 5.91 Å². The maximum Gasteiger partial charge on any atom is 0.259 e. The maximum atomic E-state index is 12.4. The van der Waals surface area contributed by atoms with Gasteiger partial charge >= 0.3 is 0 Å². The van der Waals surface area contributed by atoms with E-state index in [0.717, 1.165) is 5.69 Å². The normalized spacial score (nSPS) is 10.5. The minimum absolute atomic E-state index is 0.188. The molecule has 0 saturated carbocycles. The number of nitrogen functional groups attached to an aromatic ring is 1. The third kappa shape index (κ3) is 3.62.